The van der Waals surface area contributed by atoms with Crippen LogP contribution >= 0.6 is 0 Å². The molecule has 2 aromatic rings. The van der Waals surface area contributed by atoms with Crippen molar-refractivity contribution in [1.29, 1.82) is 0 Å². The van der Waals surface area contributed by atoms with Gasteiger partial charge in [-0.25, -0.2) is 22.9 Å². The largest absolute Gasteiger partial charge is 0.490 e. The maximum atomic E-state index is 13.0. The predicted molar refractivity (Wildman–Crippen MR) is 104 cm³/mol. The van der Waals surface area contributed by atoms with Gasteiger partial charge >= 0.3 is 24.0 Å². The number of carbonyl (C=O) groups is 2. The number of carboxylic acids is 1. The second-order valence-electron chi connectivity index (χ2n) is 7.35. The third-order valence-corrected chi connectivity index (χ3v) is 6.27. The zero-order chi connectivity index (χ0) is 26.9. The summed E-state index contributed by atoms with van der Waals surface area (Å²) in [4.78, 5) is 24.7. The number of rotatable bonds is 5. The quantitative estimate of drug-likeness (QED) is 0.485. The lowest BCUT2D eigenvalue weighted by Crippen LogP contribution is -2.32. The summed E-state index contributed by atoms with van der Waals surface area (Å²) in [5, 5.41) is 16.3. The number of benzene rings is 1. The molecule has 2 aliphatic heterocycles. The smallest absolute Gasteiger partial charge is 0.475 e. The van der Waals surface area contributed by atoms with Crippen LogP contribution in [0.15, 0.2) is 50.2 Å². The molecule has 0 bridgehead atoms. The van der Waals surface area contributed by atoms with E-state index in [1.807, 2.05) is 4.72 Å². The molecule has 11 nitrogen and oxygen atoms in total. The van der Waals surface area contributed by atoms with E-state index in [1.165, 1.54) is 0 Å². The Kier molecular flexibility index (Phi) is 7.13. The van der Waals surface area contributed by atoms with Crippen LogP contribution in [-0.4, -0.2) is 49.3 Å². The van der Waals surface area contributed by atoms with E-state index in [4.69, 9.17) is 14.3 Å². The summed E-state index contributed by atoms with van der Waals surface area (Å²) >= 11 is 0. The third kappa shape index (κ3) is 5.64. The van der Waals surface area contributed by atoms with Crippen LogP contribution in [0.2, 0.25) is 0 Å². The number of aromatic nitrogens is 1. The molecule has 1 saturated heterocycles. The van der Waals surface area contributed by atoms with Gasteiger partial charge in [-0.3, -0.25) is 4.79 Å². The summed E-state index contributed by atoms with van der Waals surface area (Å²) in [7, 11) is -4.35. The van der Waals surface area contributed by atoms with Gasteiger partial charge in [-0.2, -0.15) is 26.3 Å². The van der Waals surface area contributed by atoms with Crippen LogP contribution in [0.3, 0.4) is 0 Å². The van der Waals surface area contributed by atoms with E-state index in [9.17, 15) is 39.6 Å². The first-order valence-electron chi connectivity index (χ1n) is 9.74. The van der Waals surface area contributed by atoms with Crippen LogP contribution in [0.25, 0.3) is 0 Å². The van der Waals surface area contributed by atoms with Crippen molar-refractivity contribution in [3.05, 3.63) is 47.7 Å². The molecule has 1 aromatic heterocycles. The van der Waals surface area contributed by atoms with Crippen LogP contribution < -0.4 is 10.0 Å². The van der Waals surface area contributed by atoms with E-state index < -0.39 is 44.8 Å². The number of hydrogen-bond donors (Lipinski definition) is 3. The van der Waals surface area contributed by atoms with Crippen molar-refractivity contribution in [2.45, 2.75) is 41.8 Å². The van der Waals surface area contributed by atoms with Gasteiger partial charge in [0.1, 0.15) is 0 Å². The average molecular weight is 543 g/mol. The highest BCUT2D eigenvalue weighted by Crippen LogP contribution is 2.52. The molecule has 0 saturated carbocycles. The van der Waals surface area contributed by atoms with Crippen molar-refractivity contribution in [3.8, 4) is 0 Å². The third-order valence-electron chi connectivity index (χ3n) is 4.92. The lowest BCUT2D eigenvalue weighted by molar-refractivity contribution is -0.192. The standard InChI is InChI=1S/C16H14F3N5O4S.C2HF3O2/c17-16(18,19)15(23-24-15)9-3-5-10(6-4-9)29(26,27)22-14(25)12-13(28-8-21-12)11-2-1-7-20-11;3-2(4,5)1(6)7/h3-6,8,11,20H,1-2,7H2,(H,22,25);(H,6,7). The molecule has 36 heavy (non-hydrogen) atoms. The maximum Gasteiger partial charge on any atom is 0.490 e. The number of halogens is 6. The molecule has 1 unspecified atom stereocenters. The Bertz CT molecular complexity index is 1260. The first-order valence-corrected chi connectivity index (χ1v) is 11.2. The van der Waals surface area contributed by atoms with E-state index in [0.29, 0.717) is 6.42 Å². The summed E-state index contributed by atoms with van der Waals surface area (Å²) < 4.78 is 103. The minimum absolute atomic E-state index is 0.170. The number of carboxylic acid groups (broad SMARTS) is 1. The molecule has 3 heterocycles. The highest BCUT2D eigenvalue weighted by atomic mass is 32.2. The number of nitrogens with one attached hydrogen (secondary N) is 2. The Morgan fingerprint density at radius 1 is 1.11 bits per heavy atom. The van der Waals surface area contributed by atoms with Crippen molar-refractivity contribution in [1.82, 2.24) is 15.0 Å². The van der Waals surface area contributed by atoms with Crippen molar-refractivity contribution < 1.29 is 53.9 Å². The molecule has 3 N–H and O–H groups in total. The van der Waals surface area contributed by atoms with Crippen LogP contribution in [0.5, 0.6) is 0 Å². The van der Waals surface area contributed by atoms with E-state index in [-0.39, 0.29) is 23.1 Å². The first-order chi connectivity index (χ1) is 16.6. The number of alkyl halides is 6. The zero-order valence-corrected chi connectivity index (χ0v) is 18.4. The van der Waals surface area contributed by atoms with Crippen LogP contribution in [0.1, 0.15) is 40.7 Å². The number of carbonyl (C=O) groups excluding carboxylic acids is 1. The van der Waals surface area contributed by atoms with Gasteiger partial charge < -0.3 is 14.8 Å². The highest BCUT2D eigenvalue weighted by Gasteiger charge is 2.65. The number of sulfonamides is 1. The van der Waals surface area contributed by atoms with Crippen LogP contribution in [-0.2, 0) is 20.5 Å². The molecule has 0 radical (unpaired) electrons. The number of nitrogens with zero attached hydrogens (tertiary/aromatic N) is 3. The minimum atomic E-state index is -5.08. The lowest BCUT2D eigenvalue weighted by atomic mass is 10.0. The molecule has 2 aliphatic rings. The molecule has 1 fully saturated rings. The van der Waals surface area contributed by atoms with Gasteiger partial charge in [-0.1, -0.05) is 12.1 Å². The minimum Gasteiger partial charge on any atom is -0.475 e. The van der Waals surface area contributed by atoms with Gasteiger partial charge in [-0.05, 0) is 31.5 Å². The highest BCUT2D eigenvalue weighted by molar-refractivity contribution is 7.90. The van der Waals surface area contributed by atoms with Gasteiger partial charge in [0.15, 0.2) is 17.8 Å². The Morgan fingerprint density at radius 3 is 2.14 bits per heavy atom. The second-order valence-corrected chi connectivity index (χ2v) is 9.03. The lowest BCUT2D eigenvalue weighted by Gasteiger charge is -2.15. The average Bonchev–Trinajstić information content (AvgIpc) is 3.18. The topological polar surface area (TPSA) is 163 Å². The van der Waals surface area contributed by atoms with E-state index in [2.05, 4.69) is 20.5 Å². The van der Waals surface area contributed by atoms with Crippen LogP contribution in [0, 0.1) is 0 Å². The summed E-state index contributed by atoms with van der Waals surface area (Å²) in [5.74, 6) is -3.52. The monoisotopic (exact) mass is 543 g/mol. The van der Waals surface area contributed by atoms with E-state index in [1.54, 1.807) is 0 Å². The van der Waals surface area contributed by atoms with Crippen molar-refractivity contribution in [2.24, 2.45) is 10.2 Å². The normalized spacial score (nSPS) is 18.8. The molecular formula is C18H15F6N5O6S. The van der Waals surface area contributed by atoms with E-state index >= 15 is 0 Å². The predicted octanol–water partition coefficient (Wildman–Crippen LogP) is 3.03. The molecule has 1 atom stereocenters. The van der Waals surface area contributed by atoms with Crippen molar-refractivity contribution >= 4 is 21.9 Å². The fourth-order valence-corrected chi connectivity index (χ4v) is 4.07. The molecule has 196 valence electrons. The number of amides is 1. The summed E-state index contributed by atoms with van der Waals surface area (Å²) in [5.41, 5.74) is -3.14. The van der Waals surface area contributed by atoms with Gasteiger partial charge in [-0.15, -0.1) is 10.2 Å². The summed E-state index contributed by atoms with van der Waals surface area (Å²) in [6.45, 7) is 0.731. The SMILES string of the molecule is O=C(NS(=O)(=O)c1ccc(C2(C(F)(F)F)N=N2)cc1)c1ncoc1C1CCCN1.O=C(O)C(F)(F)F. The van der Waals surface area contributed by atoms with Gasteiger partial charge in [0.25, 0.3) is 15.9 Å². The molecular weight excluding hydrogens is 528 g/mol. The van der Waals surface area contributed by atoms with Crippen LogP contribution in [0.4, 0.5) is 26.3 Å². The fraction of sp³-hybridized carbons (Fsp3) is 0.389. The first kappa shape index (κ1) is 27.1. The number of oxazole rings is 1. The van der Waals surface area contributed by atoms with Gasteiger partial charge in [0.2, 0.25) is 0 Å². The molecule has 0 spiro atoms. The molecule has 0 aliphatic carbocycles. The fourth-order valence-electron chi connectivity index (χ4n) is 3.12. The Balaban J connectivity index is 0.000000454. The number of aliphatic carboxylic acids is 1. The van der Waals surface area contributed by atoms with E-state index in [0.717, 1.165) is 43.6 Å². The summed E-state index contributed by atoms with van der Waals surface area (Å²) in [6, 6.07) is 3.56. The molecule has 18 heteroatoms. The second kappa shape index (κ2) is 9.49. The van der Waals surface area contributed by atoms with Gasteiger partial charge in [0.05, 0.1) is 10.9 Å². The Morgan fingerprint density at radius 2 is 1.69 bits per heavy atom. The number of hydrogen-bond acceptors (Lipinski definition) is 9. The zero-order valence-electron chi connectivity index (χ0n) is 17.6. The Hall–Kier alpha value is -3.54. The maximum absolute atomic E-state index is 13.0. The summed E-state index contributed by atoms with van der Waals surface area (Å²) in [6.07, 6.45) is -7.18. The van der Waals surface area contributed by atoms with Crippen molar-refractivity contribution in [2.75, 3.05) is 6.54 Å². The Labute approximate surface area is 197 Å². The molecule has 1 aromatic carbocycles. The molecule has 1 amide bonds. The van der Waals surface area contributed by atoms with Gasteiger partial charge in [0, 0.05) is 5.56 Å². The van der Waals surface area contributed by atoms with Crippen molar-refractivity contribution in [3.63, 3.8) is 0 Å². The molecule has 4 rings (SSSR count).